The van der Waals surface area contributed by atoms with Gasteiger partial charge in [-0.3, -0.25) is 9.69 Å². The number of hydrogen-bond donors (Lipinski definition) is 1. The van der Waals surface area contributed by atoms with Crippen molar-refractivity contribution in [3.63, 3.8) is 0 Å². The SMILES string of the molecule is CCCCCCCCOc1ccc(/C=C2/SC(=S)N(C(C(=O)O)c3ccccc3)C2=O)cc1OC. The number of ether oxygens (including phenoxy) is 2. The lowest BCUT2D eigenvalue weighted by molar-refractivity contribution is -0.145. The van der Waals surface area contributed by atoms with Crippen LogP contribution in [0.15, 0.2) is 53.4 Å². The zero-order chi connectivity index (χ0) is 25.2. The van der Waals surface area contributed by atoms with Gasteiger partial charge >= 0.3 is 5.97 Å². The Labute approximate surface area is 216 Å². The van der Waals surface area contributed by atoms with Crippen molar-refractivity contribution in [3.8, 4) is 11.5 Å². The van der Waals surface area contributed by atoms with Crippen molar-refractivity contribution in [3.05, 3.63) is 64.6 Å². The zero-order valence-electron chi connectivity index (χ0n) is 20.1. The highest BCUT2D eigenvalue weighted by Gasteiger charge is 2.41. The Morgan fingerprint density at radius 2 is 1.80 bits per heavy atom. The van der Waals surface area contributed by atoms with Crippen molar-refractivity contribution >= 4 is 46.3 Å². The highest BCUT2D eigenvalue weighted by Crippen LogP contribution is 2.39. The monoisotopic (exact) mass is 513 g/mol. The van der Waals surface area contributed by atoms with Gasteiger partial charge in [0.1, 0.15) is 4.32 Å². The van der Waals surface area contributed by atoms with Gasteiger partial charge in [-0.05, 0) is 35.8 Å². The minimum Gasteiger partial charge on any atom is -0.493 e. The first-order chi connectivity index (χ1) is 17.0. The molecule has 1 saturated heterocycles. The summed E-state index contributed by atoms with van der Waals surface area (Å²) in [5.74, 6) is -0.338. The molecule has 1 aliphatic heterocycles. The van der Waals surface area contributed by atoms with Crippen molar-refractivity contribution in [2.24, 2.45) is 0 Å². The second-order valence-corrected chi connectivity index (χ2v) is 9.91. The number of carbonyl (C=O) groups is 2. The molecule has 0 spiro atoms. The van der Waals surface area contributed by atoms with E-state index in [9.17, 15) is 14.7 Å². The summed E-state index contributed by atoms with van der Waals surface area (Å²) in [4.78, 5) is 26.7. The van der Waals surface area contributed by atoms with Crippen LogP contribution in [0, 0.1) is 0 Å². The Hall–Kier alpha value is -2.84. The topological polar surface area (TPSA) is 76.1 Å². The molecule has 35 heavy (non-hydrogen) atoms. The van der Waals surface area contributed by atoms with Crippen LogP contribution in [0.3, 0.4) is 0 Å². The molecule has 2 aromatic carbocycles. The third-order valence-corrected chi connectivity index (χ3v) is 7.00. The van der Waals surface area contributed by atoms with E-state index in [2.05, 4.69) is 6.92 Å². The fourth-order valence-corrected chi connectivity index (χ4v) is 5.16. The number of hydrogen-bond acceptors (Lipinski definition) is 6. The molecule has 0 aliphatic carbocycles. The fraction of sp³-hybridized carbons (Fsp3) is 0.370. The summed E-state index contributed by atoms with van der Waals surface area (Å²) in [6.07, 6.45) is 8.82. The van der Waals surface area contributed by atoms with Crippen LogP contribution in [-0.2, 0) is 9.59 Å². The number of carboxylic acids is 1. The Kier molecular flexibility index (Phi) is 10.2. The normalized spacial score (nSPS) is 15.5. The number of aliphatic carboxylic acids is 1. The summed E-state index contributed by atoms with van der Waals surface area (Å²) >= 11 is 6.48. The maximum atomic E-state index is 13.2. The quantitative estimate of drug-likeness (QED) is 0.187. The molecule has 1 heterocycles. The van der Waals surface area contributed by atoms with E-state index in [1.54, 1.807) is 49.6 Å². The van der Waals surface area contributed by atoms with Crippen LogP contribution in [0.25, 0.3) is 6.08 Å². The number of nitrogens with zero attached hydrogens (tertiary/aromatic N) is 1. The van der Waals surface area contributed by atoms with Crippen LogP contribution in [0.2, 0.25) is 0 Å². The number of unbranched alkanes of at least 4 members (excludes halogenated alkanes) is 5. The van der Waals surface area contributed by atoms with E-state index in [0.29, 0.717) is 28.6 Å². The predicted octanol–water partition coefficient (Wildman–Crippen LogP) is 6.46. The first kappa shape index (κ1) is 26.8. The van der Waals surface area contributed by atoms with E-state index < -0.39 is 17.9 Å². The van der Waals surface area contributed by atoms with Crippen molar-refractivity contribution in [2.75, 3.05) is 13.7 Å². The predicted molar refractivity (Wildman–Crippen MR) is 144 cm³/mol. The molecule has 8 heteroatoms. The van der Waals surface area contributed by atoms with Gasteiger partial charge in [-0.25, -0.2) is 4.79 Å². The Morgan fingerprint density at radius 3 is 2.49 bits per heavy atom. The molecule has 0 bridgehead atoms. The van der Waals surface area contributed by atoms with Gasteiger partial charge in [0.25, 0.3) is 5.91 Å². The van der Waals surface area contributed by atoms with Gasteiger partial charge < -0.3 is 14.6 Å². The number of carboxylic acid groups (broad SMARTS) is 1. The molecule has 1 fully saturated rings. The van der Waals surface area contributed by atoms with Gasteiger partial charge in [-0.15, -0.1) is 0 Å². The van der Waals surface area contributed by atoms with E-state index in [0.717, 1.165) is 30.2 Å². The highest BCUT2D eigenvalue weighted by molar-refractivity contribution is 8.26. The lowest BCUT2D eigenvalue weighted by Crippen LogP contribution is -2.37. The summed E-state index contributed by atoms with van der Waals surface area (Å²) in [6.45, 7) is 2.83. The smallest absolute Gasteiger partial charge is 0.331 e. The summed E-state index contributed by atoms with van der Waals surface area (Å²) in [5, 5.41) is 9.83. The molecule has 3 rings (SSSR count). The molecule has 0 saturated carbocycles. The lowest BCUT2D eigenvalue weighted by Gasteiger charge is -2.23. The average Bonchev–Trinajstić information content (AvgIpc) is 3.12. The van der Waals surface area contributed by atoms with Gasteiger partial charge in [-0.1, -0.05) is 99.4 Å². The van der Waals surface area contributed by atoms with Crippen molar-refractivity contribution in [1.82, 2.24) is 4.90 Å². The van der Waals surface area contributed by atoms with Crippen LogP contribution in [-0.4, -0.2) is 39.9 Å². The van der Waals surface area contributed by atoms with Gasteiger partial charge in [0.05, 0.1) is 18.6 Å². The second kappa shape index (κ2) is 13.3. The number of methoxy groups -OCH3 is 1. The minimum absolute atomic E-state index is 0.211. The summed E-state index contributed by atoms with van der Waals surface area (Å²) in [5.41, 5.74) is 1.23. The molecule has 1 aliphatic rings. The Bertz CT molecular complexity index is 1070. The van der Waals surface area contributed by atoms with Gasteiger partial charge in [0.2, 0.25) is 0 Å². The fourth-order valence-electron chi connectivity index (χ4n) is 3.85. The first-order valence-electron chi connectivity index (χ1n) is 11.8. The average molecular weight is 514 g/mol. The number of thiocarbonyl (C=S) groups is 1. The summed E-state index contributed by atoms with van der Waals surface area (Å²) in [6, 6.07) is 12.9. The highest BCUT2D eigenvalue weighted by atomic mass is 32.2. The number of benzene rings is 2. The zero-order valence-corrected chi connectivity index (χ0v) is 21.7. The van der Waals surface area contributed by atoms with Crippen LogP contribution in [0.5, 0.6) is 11.5 Å². The van der Waals surface area contributed by atoms with E-state index in [1.165, 1.54) is 30.6 Å². The molecule has 1 N–H and O–H groups in total. The summed E-state index contributed by atoms with van der Waals surface area (Å²) in [7, 11) is 1.58. The molecular weight excluding hydrogens is 482 g/mol. The first-order valence-corrected chi connectivity index (χ1v) is 13.0. The number of thioether (sulfide) groups is 1. The van der Waals surface area contributed by atoms with Gasteiger partial charge in [-0.2, -0.15) is 0 Å². The molecule has 6 nitrogen and oxygen atoms in total. The minimum atomic E-state index is -1.18. The molecule has 1 atom stereocenters. The van der Waals surface area contributed by atoms with Gasteiger partial charge in [0, 0.05) is 0 Å². The van der Waals surface area contributed by atoms with E-state index in [4.69, 9.17) is 21.7 Å². The molecule has 1 unspecified atom stereocenters. The van der Waals surface area contributed by atoms with E-state index >= 15 is 0 Å². The third-order valence-electron chi connectivity index (χ3n) is 5.67. The van der Waals surface area contributed by atoms with Crippen LogP contribution < -0.4 is 9.47 Å². The molecule has 186 valence electrons. The number of rotatable bonds is 13. The molecule has 1 amide bonds. The number of carbonyl (C=O) groups excluding carboxylic acids is 1. The summed E-state index contributed by atoms with van der Waals surface area (Å²) < 4.78 is 11.6. The third kappa shape index (κ3) is 7.08. The molecular formula is C27H31NO5S2. The van der Waals surface area contributed by atoms with E-state index in [-0.39, 0.29) is 4.32 Å². The maximum absolute atomic E-state index is 13.2. The maximum Gasteiger partial charge on any atom is 0.331 e. The number of amides is 1. The standard InChI is InChI=1S/C27H31NO5S2/c1-3-4-5-6-7-11-16-33-21-15-14-19(17-22(21)32-2)18-23-25(29)28(27(34)35-23)24(26(30)31)20-12-9-8-10-13-20/h8-10,12-15,17-18,24H,3-7,11,16H2,1-2H3,(H,30,31)/b23-18+. The molecule has 2 aromatic rings. The van der Waals surface area contributed by atoms with Crippen molar-refractivity contribution in [2.45, 2.75) is 51.5 Å². The van der Waals surface area contributed by atoms with Crippen LogP contribution in [0.1, 0.15) is 62.6 Å². The Balaban J connectivity index is 1.70. The lowest BCUT2D eigenvalue weighted by atomic mass is 10.1. The van der Waals surface area contributed by atoms with Gasteiger partial charge in [0.15, 0.2) is 17.5 Å². The molecule has 0 aromatic heterocycles. The van der Waals surface area contributed by atoms with E-state index in [1.807, 2.05) is 12.1 Å². The molecule has 0 radical (unpaired) electrons. The second-order valence-electron chi connectivity index (χ2n) is 8.23. The van der Waals surface area contributed by atoms with Crippen LogP contribution in [0.4, 0.5) is 0 Å². The van der Waals surface area contributed by atoms with Crippen LogP contribution >= 0.6 is 24.0 Å². The largest absolute Gasteiger partial charge is 0.493 e. The Morgan fingerprint density at radius 1 is 1.09 bits per heavy atom. The van der Waals surface area contributed by atoms with Crippen molar-refractivity contribution < 1.29 is 24.2 Å². The van der Waals surface area contributed by atoms with Crippen molar-refractivity contribution in [1.29, 1.82) is 0 Å².